The van der Waals surface area contributed by atoms with Crippen LogP contribution in [0.25, 0.3) is 0 Å². The van der Waals surface area contributed by atoms with Crippen LogP contribution in [-0.2, 0) is 14.8 Å². The number of hydrogen-bond donors (Lipinski definition) is 1. The molecule has 2 aromatic carbocycles. The minimum absolute atomic E-state index is 0.0341. The summed E-state index contributed by atoms with van der Waals surface area (Å²) in [6.45, 7) is 8.23. The third-order valence-corrected chi connectivity index (χ3v) is 6.41. The van der Waals surface area contributed by atoms with Gasteiger partial charge in [0.2, 0.25) is 15.9 Å². The molecule has 0 aliphatic carbocycles. The minimum atomic E-state index is -3.43. The number of sulfonamides is 1. The number of aryl methyl sites for hydroxylation is 2. The first kappa shape index (κ1) is 22.9. The quantitative estimate of drug-likeness (QED) is 0.658. The molecular weight excluding hydrogens is 384 g/mol. The van der Waals surface area contributed by atoms with Crippen molar-refractivity contribution in [2.24, 2.45) is 0 Å². The van der Waals surface area contributed by atoms with E-state index < -0.39 is 10.0 Å². The zero-order chi connectivity index (χ0) is 21.6. The average molecular weight is 417 g/mol. The highest BCUT2D eigenvalue weighted by Crippen LogP contribution is 2.25. The van der Waals surface area contributed by atoms with Crippen LogP contribution in [0, 0.1) is 20.8 Å². The molecular formula is C23H32N2O3S. The fourth-order valence-electron chi connectivity index (χ4n) is 3.34. The van der Waals surface area contributed by atoms with Gasteiger partial charge in [0, 0.05) is 13.0 Å². The van der Waals surface area contributed by atoms with Gasteiger partial charge < -0.3 is 5.32 Å². The van der Waals surface area contributed by atoms with Crippen molar-refractivity contribution in [1.29, 1.82) is 0 Å². The third kappa shape index (κ3) is 6.32. The number of carbonyl (C=O) groups excluding carboxylic acids is 1. The fraction of sp³-hybridized carbons (Fsp3) is 0.435. The van der Waals surface area contributed by atoms with Crippen molar-refractivity contribution in [3.8, 4) is 0 Å². The molecule has 0 unspecified atom stereocenters. The molecule has 1 amide bonds. The predicted molar refractivity (Wildman–Crippen MR) is 120 cm³/mol. The van der Waals surface area contributed by atoms with Gasteiger partial charge >= 0.3 is 0 Å². The summed E-state index contributed by atoms with van der Waals surface area (Å²) in [5.41, 5.74) is 4.92. The summed E-state index contributed by atoms with van der Waals surface area (Å²) < 4.78 is 26.1. The zero-order valence-corrected chi connectivity index (χ0v) is 18.8. The van der Waals surface area contributed by atoms with Crippen molar-refractivity contribution >= 4 is 21.6 Å². The van der Waals surface area contributed by atoms with E-state index in [4.69, 9.17) is 0 Å². The highest BCUT2D eigenvalue weighted by atomic mass is 32.2. The summed E-state index contributed by atoms with van der Waals surface area (Å²) in [5, 5.41) is 3.07. The Morgan fingerprint density at radius 1 is 1.07 bits per heavy atom. The molecule has 0 heterocycles. The molecule has 0 spiro atoms. The first-order chi connectivity index (χ1) is 13.6. The fourth-order valence-corrected chi connectivity index (χ4v) is 4.36. The normalized spacial score (nSPS) is 12.4. The van der Waals surface area contributed by atoms with E-state index in [0.29, 0.717) is 12.1 Å². The Morgan fingerprint density at radius 3 is 2.31 bits per heavy atom. The Kier molecular flexibility index (Phi) is 7.85. The lowest BCUT2D eigenvalue weighted by Gasteiger charge is -2.25. The number of carbonyl (C=O) groups is 1. The second-order valence-electron chi connectivity index (χ2n) is 7.60. The number of benzene rings is 2. The van der Waals surface area contributed by atoms with Crippen molar-refractivity contribution in [2.45, 2.75) is 53.0 Å². The molecule has 0 bridgehead atoms. The lowest BCUT2D eigenvalue weighted by Crippen LogP contribution is -2.33. The van der Waals surface area contributed by atoms with Crippen LogP contribution in [0.4, 0.5) is 5.69 Å². The summed E-state index contributed by atoms with van der Waals surface area (Å²) >= 11 is 0. The van der Waals surface area contributed by atoms with Crippen LogP contribution in [-0.4, -0.2) is 27.1 Å². The molecule has 1 atom stereocenters. The Morgan fingerprint density at radius 2 is 1.72 bits per heavy atom. The molecule has 0 fully saturated rings. The summed E-state index contributed by atoms with van der Waals surface area (Å²) in [5.74, 6) is -0.0631. The van der Waals surface area contributed by atoms with Crippen LogP contribution in [0.2, 0.25) is 0 Å². The molecule has 0 radical (unpaired) electrons. The van der Waals surface area contributed by atoms with Crippen LogP contribution in [0.15, 0.2) is 42.5 Å². The maximum Gasteiger partial charge on any atom is 0.232 e. The lowest BCUT2D eigenvalue weighted by atomic mass is 10.0. The van der Waals surface area contributed by atoms with Gasteiger partial charge in [-0.05, 0) is 56.4 Å². The van der Waals surface area contributed by atoms with Gasteiger partial charge in [-0.25, -0.2) is 8.42 Å². The maximum atomic E-state index is 12.5. The van der Waals surface area contributed by atoms with Crippen molar-refractivity contribution in [1.82, 2.24) is 5.32 Å². The van der Waals surface area contributed by atoms with Gasteiger partial charge in [0.1, 0.15) is 0 Å². The van der Waals surface area contributed by atoms with Gasteiger partial charge in [0.25, 0.3) is 0 Å². The second-order valence-corrected chi connectivity index (χ2v) is 9.50. The van der Waals surface area contributed by atoms with E-state index >= 15 is 0 Å². The highest BCUT2D eigenvalue weighted by molar-refractivity contribution is 7.92. The van der Waals surface area contributed by atoms with E-state index in [0.717, 1.165) is 23.1 Å². The van der Waals surface area contributed by atoms with Gasteiger partial charge in [-0.15, -0.1) is 0 Å². The second kappa shape index (κ2) is 9.92. The summed E-state index contributed by atoms with van der Waals surface area (Å²) in [6, 6.07) is 13.8. The molecule has 0 aliphatic rings. The molecule has 0 aromatic heterocycles. The Balaban J connectivity index is 2.01. The van der Waals surface area contributed by atoms with E-state index in [1.54, 1.807) is 0 Å². The van der Waals surface area contributed by atoms with Gasteiger partial charge in [0.05, 0.1) is 18.0 Å². The molecule has 0 saturated heterocycles. The van der Waals surface area contributed by atoms with E-state index in [-0.39, 0.29) is 24.9 Å². The molecule has 5 nitrogen and oxygen atoms in total. The van der Waals surface area contributed by atoms with Gasteiger partial charge in [-0.1, -0.05) is 48.9 Å². The molecule has 0 saturated carbocycles. The van der Waals surface area contributed by atoms with Gasteiger partial charge in [-0.3, -0.25) is 9.10 Å². The van der Waals surface area contributed by atoms with Crippen molar-refractivity contribution in [2.75, 3.05) is 17.1 Å². The molecule has 6 heteroatoms. The summed E-state index contributed by atoms with van der Waals surface area (Å²) in [4.78, 5) is 12.5. The molecule has 0 aliphatic heterocycles. The van der Waals surface area contributed by atoms with Crippen LogP contribution in [0.5, 0.6) is 0 Å². The molecule has 2 aromatic rings. The van der Waals surface area contributed by atoms with Crippen molar-refractivity contribution in [3.05, 3.63) is 64.7 Å². The number of anilines is 1. The minimum Gasteiger partial charge on any atom is -0.349 e. The molecule has 29 heavy (non-hydrogen) atoms. The summed E-state index contributed by atoms with van der Waals surface area (Å²) in [6.07, 6.45) is 2.74. The first-order valence-electron chi connectivity index (χ1n) is 10.0. The Bertz CT molecular complexity index is 937. The monoisotopic (exact) mass is 416 g/mol. The molecule has 2 rings (SSSR count). The number of rotatable bonds is 9. The number of nitrogens with one attached hydrogen (secondary N) is 1. The first-order valence-corrected chi connectivity index (χ1v) is 11.9. The van der Waals surface area contributed by atoms with Crippen LogP contribution >= 0.6 is 0 Å². The zero-order valence-electron chi connectivity index (χ0n) is 18.0. The number of hydrogen-bond acceptors (Lipinski definition) is 3. The summed E-state index contributed by atoms with van der Waals surface area (Å²) in [7, 11) is -3.43. The van der Waals surface area contributed by atoms with E-state index in [1.165, 1.54) is 16.1 Å². The average Bonchev–Trinajstić information content (AvgIpc) is 2.66. The Labute approximate surface area is 175 Å². The van der Waals surface area contributed by atoms with E-state index in [2.05, 4.69) is 5.32 Å². The van der Waals surface area contributed by atoms with E-state index in [1.807, 2.05) is 70.2 Å². The maximum absolute atomic E-state index is 12.5. The lowest BCUT2D eigenvalue weighted by molar-refractivity contribution is -0.121. The standard InChI is InChI=1S/C23H32N2O3S/c1-6-21(20-14-12-17(2)13-15-20)24-23(26)11-8-16-25(29(5,27)28)22-10-7-9-18(3)19(22)4/h7,9-10,12-15,21H,6,8,11,16H2,1-5H3,(H,24,26)/t21-/m1/s1. The Hall–Kier alpha value is -2.34. The topological polar surface area (TPSA) is 66.5 Å². The predicted octanol–water partition coefficient (Wildman–Crippen LogP) is 4.43. The van der Waals surface area contributed by atoms with Crippen LogP contribution in [0.1, 0.15) is 54.5 Å². The van der Waals surface area contributed by atoms with Crippen molar-refractivity contribution < 1.29 is 13.2 Å². The van der Waals surface area contributed by atoms with E-state index in [9.17, 15) is 13.2 Å². The van der Waals surface area contributed by atoms with Gasteiger partial charge in [-0.2, -0.15) is 0 Å². The van der Waals surface area contributed by atoms with Crippen LogP contribution < -0.4 is 9.62 Å². The largest absolute Gasteiger partial charge is 0.349 e. The SMILES string of the molecule is CC[C@@H](NC(=O)CCCN(c1cccc(C)c1C)S(C)(=O)=O)c1ccc(C)cc1. The van der Waals surface area contributed by atoms with Gasteiger partial charge in [0.15, 0.2) is 0 Å². The van der Waals surface area contributed by atoms with Crippen LogP contribution in [0.3, 0.4) is 0 Å². The molecule has 158 valence electrons. The highest BCUT2D eigenvalue weighted by Gasteiger charge is 2.20. The van der Waals surface area contributed by atoms with Crippen molar-refractivity contribution in [3.63, 3.8) is 0 Å². The number of nitrogens with zero attached hydrogens (tertiary/aromatic N) is 1. The third-order valence-electron chi connectivity index (χ3n) is 5.23. The number of amides is 1. The molecule has 1 N–H and O–H groups in total. The smallest absolute Gasteiger partial charge is 0.232 e.